The fourth-order valence-electron chi connectivity index (χ4n) is 2.89. The van der Waals surface area contributed by atoms with Gasteiger partial charge in [0, 0.05) is 20.7 Å². The van der Waals surface area contributed by atoms with Crippen molar-refractivity contribution in [3.8, 4) is 17.1 Å². The zero-order chi connectivity index (χ0) is 22.3. The van der Waals surface area contributed by atoms with Gasteiger partial charge in [0.25, 0.3) is 5.91 Å². The normalized spacial score (nSPS) is 11.1. The van der Waals surface area contributed by atoms with E-state index in [1.54, 1.807) is 6.21 Å². The van der Waals surface area contributed by atoms with Crippen LogP contribution in [0, 0.1) is 0 Å². The summed E-state index contributed by atoms with van der Waals surface area (Å²) in [7, 11) is 0. The number of nitrogens with zero attached hydrogens (tertiary/aromatic N) is 4. The lowest BCUT2D eigenvalue weighted by atomic mass is 10.2. The molecule has 0 aliphatic rings. The SMILES string of the molecule is O=C(CSc1nnc(-c2ccc(Cl)cc2)n1-c1ccccc1)NN=Cc1cccc(Br)c1. The van der Waals surface area contributed by atoms with Gasteiger partial charge >= 0.3 is 0 Å². The van der Waals surface area contributed by atoms with Crippen LogP contribution < -0.4 is 5.43 Å². The minimum Gasteiger partial charge on any atom is -0.272 e. The second kappa shape index (κ2) is 10.6. The maximum Gasteiger partial charge on any atom is 0.250 e. The molecule has 1 N–H and O–H groups in total. The van der Waals surface area contributed by atoms with Crippen LogP contribution in [0.25, 0.3) is 17.1 Å². The van der Waals surface area contributed by atoms with E-state index in [-0.39, 0.29) is 11.7 Å². The standard InChI is InChI=1S/C23H17BrClN5OS/c24-18-6-4-5-16(13-18)14-26-27-21(31)15-32-23-29-28-22(17-9-11-19(25)12-10-17)30(23)20-7-2-1-3-8-20/h1-14H,15H2,(H,27,31). The van der Waals surface area contributed by atoms with Crippen molar-refractivity contribution in [2.45, 2.75) is 5.16 Å². The molecule has 0 atom stereocenters. The summed E-state index contributed by atoms with van der Waals surface area (Å²) in [5.41, 5.74) is 5.20. The Balaban J connectivity index is 1.49. The quantitative estimate of drug-likeness (QED) is 0.193. The molecule has 1 aromatic heterocycles. The minimum absolute atomic E-state index is 0.140. The molecular weight excluding hydrogens is 510 g/mol. The number of para-hydroxylation sites is 1. The third-order valence-electron chi connectivity index (χ3n) is 4.33. The topological polar surface area (TPSA) is 72.2 Å². The number of nitrogens with one attached hydrogen (secondary N) is 1. The highest BCUT2D eigenvalue weighted by Crippen LogP contribution is 2.28. The van der Waals surface area contributed by atoms with Crippen molar-refractivity contribution in [2.75, 3.05) is 5.75 Å². The first-order valence-corrected chi connectivity index (χ1v) is 11.7. The van der Waals surface area contributed by atoms with Gasteiger partial charge in [0.05, 0.1) is 12.0 Å². The Hall–Kier alpha value is -2.94. The third kappa shape index (κ3) is 5.64. The first-order chi connectivity index (χ1) is 15.6. The second-order valence-corrected chi connectivity index (χ2v) is 8.92. The summed E-state index contributed by atoms with van der Waals surface area (Å²) < 4.78 is 2.87. The molecule has 4 rings (SSSR count). The lowest BCUT2D eigenvalue weighted by Gasteiger charge is -2.10. The van der Waals surface area contributed by atoms with Crippen LogP contribution in [0.1, 0.15) is 5.56 Å². The molecule has 1 heterocycles. The molecular formula is C23H17BrClN5OS. The molecule has 0 fully saturated rings. The number of carbonyl (C=O) groups excluding carboxylic acids is 1. The van der Waals surface area contributed by atoms with Crippen LogP contribution in [-0.2, 0) is 4.79 Å². The number of hydrazone groups is 1. The number of hydrogen-bond acceptors (Lipinski definition) is 5. The molecule has 3 aromatic carbocycles. The molecule has 4 aromatic rings. The summed E-state index contributed by atoms with van der Waals surface area (Å²) in [6.07, 6.45) is 1.60. The Morgan fingerprint density at radius 3 is 2.59 bits per heavy atom. The first kappa shape index (κ1) is 22.3. The number of thioether (sulfide) groups is 1. The smallest absolute Gasteiger partial charge is 0.250 e. The van der Waals surface area contributed by atoms with Gasteiger partial charge in [0.1, 0.15) is 0 Å². The van der Waals surface area contributed by atoms with Crippen LogP contribution in [0.5, 0.6) is 0 Å². The van der Waals surface area contributed by atoms with Gasteiger partial charge in [0.15, 0.2) is 11.0 Å². The zero-order valence-corrected chi connectivity index (χ0v) is 19.8. The average Bonchev–Trinajstić information content (AvgIpc) is 3.23. The lowest BCUT2D eigenvalue weighted by molar-refractivity contribution is -0.118. The average molecular weight is 527 g/mol. The van der Waals surface area contributed by atoms with E-state index in [0.29, 0.717) is 16.0 Å². The highest BCUT2D eigenvalue weighted by Gasteiger charge is 2.17. The Morgan fingerprint density at radius 1 is 1.06 bits per heavy atom. The number of halogens is 2. The minimum atomic E-state index is -0.239. The number of amides is 1. The number of carbonyl (C=O) groups is 1. The van der Waals surface area contributed by atoms with E-state index in [9.17, 15) is 4.79 Å². The largest absolute Gasteiger partial charge is 0.272 e. The Morgan fingerprint density at radius 2 is 1.84 bits per heavy atom. The van der Waals surface area contributed by atoms with Crippen LogP contribution in [0.15, 0.2) is 93.6 Å². The summed E-state index contributed by atoms with van der Waals surface area (Å²) in [5.74, 6) is 0.571. The third-order valence-corrected chi connectivity index (χ3v) is 6.01. The van der Waals surface area contributed by atoms with E-state index in [1.807, 2.05) is 83.4 Å². The molecule has 6 nitrogen and oxygen atoms in total. The van der Waals surface area contributed by atoms with Crippen molar-refractivity contribution in [3.63, 3.8) is 0 Å². The number of benzene rings is 3. The highest BCUT2D eigenvalue weighted by molar-refractivity contribution is 9.10. The van der Waals surface area contributed by atoms with E-state index >= 15 is 0 Å². The molecule has 32 heavy (non-hydrogen) atoms. The maximum atomic E-state index is 12.3. The van der Waals surface area contributed by atoms with Crippen LogP contribution in [0.3, 0.4) is 0 Å². The van der Waals surface area contributed by atoms with Crippen LogP contribution in [-0.4, -0.2) is 32.6 Å². The van der Waals surface area contributed by atoms with E-state index in [1.165, 1.54) is 11.8 Å². The van der Waals surface area contributed by atoms with E-state index in [2.05, 4.69) is 36.7 Å². The van der Waals surface area contributed by atoms with Gasteiger partial charge in [-0.05, 0) is 54.1 Å². The number of hydrogen-bond donors (Lipinski definition) is 1. The van der Waals surface area contributed by atoms with Crippen molar-refractivity contribution in [2.24, 2.45) is 5.10 Å². The number of aromatic nitrogens is 3. The fourth-order valence-corrected chi connectivity index (χ4v) is 4.17. The van der Waals surface area contributed by atoms with Crippen LogP contribution >= 0.6 is 39.3 Å². The summed E-state index contributed by atoms with van der Waals surface area (Å²) in [4.78, 5) is 12.3. The first-order valence-electron chi connectivity index (χ1n) is 9.57. The number of rotatable bonds is 7. The van der Waals surface area contributed by atoms with E-state index in [4.69, 9.17) is 11.6 Å². The molecule has 1 amide bonds. The van der Waals surface area contributed by atoms with Gasteiger partial charge in [-0.25, -0.2) is 5.43 Å². The molecule has 0 radical (unpaired) electrons. The molecule has 0 spiro atoms. The van der Waals surface area contributed by atoms with Gasteiger partial charge in [-0.1, -0.05) is 69.6 Å². The van der Waals surface area contributed by atoms with Crippen LogP contribution in [0.4, 0.5) is 0 Å². The second-order valence-electron chi connectivity index (χ2n) is 6.62. The van der Waals surface area contributed by atoms with Gasteiger partial charge in [-0.15, -0.1) is 10.2 Å². The predicted molar refractivity (Wildman–Crippen MR) is 132 cm³/mol. The van der Waals surface area contributed by atoms with E-state index in [0.717, 1.165) is 21.3 Å². The predicted octanol–water partition coefficient (Wildman–Crippen LogP) is 5.59. The Kier molecular flexibility index (Phi) is 7.36. The molecule has 9 heteroatoms. The van der Waals surface area contributed by atoms with E-state index < -0.39 is 0 Å². The highest BCUT2D eigenvalue weighted by atomic mass is 79.9. The van der Waals surface area contributed by atoms with Crippen LogP contribution in [0.2, 0.25) is 5.02 Å². The van der Waals surface area contributed by atoms with Gasteiger partial charge < -0.3 is 0 Å². The van der Waals surface area contributed by atoms with Crippen molar-refractivity contribution in [1.82, 2.24) is 20.2 Å². The molecule has 0 saturated carbocycles. The maximum absolute atomic E-state index is 12.3. The molecule has 0 aliphatic heterocycles. The van der Waals surface area contributed by atoms with Crippen molar-refractivity contribution >= 4 is 51.4 Å². The molecule has 0 saturated heterocycles. The van der Waals surface area contributed by atoms with Crippen molar-refractivity contribution in [1.29, 1.82) is 0 Å². The van der Waals surface area contributed by atoms with Crippen molar-refractivity contribution in [3.05, 3.63) is 93.9 Å². The summed E-state index contributed by atoms with van der Waals surface area (Å²) in [6, 6.07) is 24.8. The van der Waals surface area contributed by atoms with Gasteiger partial charge in [-0.2, -0.15) is 5.10 Å². The summed E-state index contributed by atoms with van der Waals surface area (Å²) >= 11 is 10.7. The molecule has 160 valence electrons. The summed E-state index contributed by atoms with van der Waals surface area (Å²) in [6.45, 7) is 0. The molecule has 0 unspecified atom stereocenters. The summed E-state index contributed by atoms with van der Waals surface area (Å²) in [5, 5.41) is 14.0. The monoisotopic (exact) mass is 525 g/mol. The molecule has 0 bridgehead atoms. The lowest BCUT2D eigenvalue weighted by Crippen LogP contribution is -2.20. The Labute approximate surface area is 202 Å². The van der Waals surface area contributed by atoms with Gasteiger partial charge in [0.2, 0.25) is 0 Å². The molecule has 0 aliphatic carbocycles. The Bertz CT molecular complexity index is 1240. The fraction of sp³-hybridized carbons (Fsp3) is 0.0435. The van der Waals surface area contributed by atoms with Crippen molar-refractivity contribution < 1.29 is 4.79 Å². The zero-order valence-electron chi connectivity index (χ0n) is 16.7. The van der Waals surface area contributed by atoms with Gasteiger partial charge in [-0.3, -0.25) is 9.36 Å².